The number of hydrogen-bond acceptors (Lipinski definition) is 3. The van der Waals surface area contributed by atoms with Crippen molar-refractivity contribution < 1.29 is 31.5 Å². The zero-order chi connectivity index (χ0) is 16.4. The number of carboxylic acid groups (broad SMARTS) is 1. The second kappa shape index (κ2) is 6.51. The first kappa shape index (κ1) is 18.2. The van der Waals surface area contributed by atoms with E-state index < -0.39 is 45.3 Å². The van der Waals surface area contributed by atoms with Crippen molar-refractivity contribution in [2.45, 2.75) is 57.0 Å². The van der Waals surface area contributed by atoms with Crippen LogP contribution in [-0.2, 0) is 14.8 Å². The quantitative estimate of drug-likeness (QED) is 0.808. The maximum Gasteiger partial charge on any atom is 0.391 e. The van der Waals surface area contributed by atoms with E-state index >= 15 is 0 Å². The molecule has 0 saturated heterocycles. The van der Waals surface area contributed by atoms with Crippen LogP contribution in [0, 0.1) is 11.8 Å². The number of hydrogen-bond donors (Lipinski definition) is 2. The number of halogens is 3. The van der Waals surface area contributed by atoms with Crippen LogP contribution >= 0.6 is 0 Å². The Morgan fingerprint density at radius 2 is 1.67 bits per heavy atom. The van der Waals surface area contributed by atoms with Crippen LogP contribution < -0.4 is 4.72 Å². The van der Waals surface area contributed by atoms with Gasteiger partial charge in [0.1, 0.15) is 6.04 Å². The molecule has 0 aromatic carbocycles. The molecule has 21 heavy (non-hydrogen) atoms. The van der Waals surface area contributed by atoms with Gasteiger partial charge in [-0.2, -0.15) is 13.2 Å². The molecule has 0 unspecified atom stereocenters. The first-order chi connectivity index (χ1) is 9.45. The van der Waals surface area contributed by atoms with Crippen LogP contribution in [0.4, 0.5) is 13.2 Å². The summed E-state index contributed by atoms with van der Waals surface area (Å²) in [5.74, 6) is -3.22. The molecule has 0 heterocycles. The Bertz CT molecular complexity index is 467. The normalized spacial score (nSPS) is 25.8. The Morgan fingerprint density at radius 3 is 2.00 bits per heavy atom. The average Bonchev–Trinajstić information content (AvgIpc) is 2.34. The topological polar surface area (TPSA) is 83.5 Å². The summed E-state index contributed by atoms with van der Waals surface area (Å²) in [7, 11) is -3.94. The van der Waals surface area contributed by atoms with E-state index in [4.69, 9.17) is 5.11 Å². The highest BCUT2D eigenvalue weighted by atomic mass is 32.2. The van der Waals surface area contributed by atoms with E-state index in [1.54, 1.807) is 13.8 Å². The van der Waals surface area contributed by atoms with Gasteiger partial charge in [-0.3, -0.25) is 4.79 Å². The van der Waals surface area contributed by atoms with Gasteiger partial charge in [0, 0.05) is 0 Å². The van der Waals surface area contributed by atoms with Crippen molar-refractivity contribution in [1.82, 2.24) is 4.72 Å². The third-order valence-electron chi connectivity index (χ3n) is 3.80. The number of alkyl halides is 3. The molecular weight excluding hydrogens is 311 g/mol. The molecule has 0 radical (unpaired) electrons. The first-order valence-electron chi connectivity index (χ1n) is 6.75. The third-order valence-corrected chi connectivity index (χ3v) is 5.73. The lowest BCUT2D eigenvalue weighted by Gasteiger charge is -2.30. The van der Waals surface area contributed by atoms with Crippen molar-refractivity contribution in [2.24, 2.45) is 11.8 Å². The molecule has 1 aliphatic rings. The second-order valence-electron chi connectivity index (χ2n) is 5.74. The Hall–Kier alpha value is -0.830. The molecule has 0 spiro atoms. The number of sulfonamides is 1. The number of aliphatic carboxylic acids is 1. The number of rotatable bonds is 5. The summed E-state index contributed by atoms with van der Waals surface area (Å²) in [4.78, 5) is 11.0. The maximum atomic E-state index is 12.5. The fraction of sp³-hybridized carbons (Fsp3) is 0.917. The zero-order valence-corrected chi connectivity index (χ0v) is 12.7. The van der Waals surface area contributed by atoms with E-state index in [1.807, 2.05) is 0 Å². The van der Waals surface area contributed by atoms with Gasteiger partial charge < -0.3 is 5.11 Å². The SMILES string of the molecule is CC(C)[C@H](NS(=O)(=O)C1CCC(C(F)(F)F)CC1)C(=O)O. The van der Waals surface area contributed by atoms with Crippen LogP contribution in [0.2, 0.25) is 0 Å². The molecule has 0 amide bonds. The molecule has 0 aromatic heterocycles. The summed E-state index contributed by atoms with van der Waals surface area (Å²) >= 11 is 0. The molecule has 1 saturated carbocycles. The highest BCUT2D eigenvalue weighted by molar-refractivity contribution is 7.90. The Labute approximate surface area is 122 Å². The Kier molecular flexibility index (Phi) is 5.65. The molecule has 1 aliphatic carbocycles. The second-order valence-corrected chi connectivity index (χ2v) is 7.73. The molecule has 2 N–H and O–H groups in total. The molecule has 0 aliphatic heterocycles. The first-order valence-corrected chi connectivity index (χ1v) is 8.30. The highest BCUT2D eigenvalue weighted by Gasteiger charge is 2.44. The average molecular weight is 331 g/mol. The third kappa shape index (κ3) is 4.84. The van der Waals surface area contributed by atoms with E-state index in [1.165, 1.54) is 0 Å². The molecule has 1 fully saturated rings. The lowest BCUT2D eigenvalue weighted by molar-refractivity contribution is -0.181. The number of carbonyl (C=O) groups is 1. The fourth-order valence-electron chi connectivity index (χ4n) is 2.45. The van der Waals surface area contributed by atoms with Crippen molar-refractivity contribution in [1.29, 1.82) is 0 Å². The zero-order valence-electron chi connectivity index (χ0n) is 11.9. The Morgan fingerprint density at radius 1 is 1.19 bits per heavy atom. The minimum absolute atomic E-state index is 0.107. The van der Waals surface area contributed by atoms with Crippen molar-refractivity contribution in [3.05, 3.63) is 0 Å². The monoisotopic (exact) mass is 331 g/mol. The number of nitrogens with one attached hydrogen (secondary N) is 1. The van der Waals surface area contributed by atoms with Gasteiger partial charge in [0.15, 0.2) is 0 Å². The van der Waals surface area contributed by atoms with E-state index in [2.05, 4.69) is 4.72 Å². The van der Waals surface area contributed by atoms with Gasteiger partial charge in [0.05, 0.1) is 11.2 Å². The summed E-state index contributed by atoms with van der Waals surface area (Å²) < 4.78 is 63.9. The van der Waals surface area contributed by atoms with Crippen molar-refractivity contribution in [2.75, 3.05) is 0 Å². The van der Waals surface area contributed by atoms with Crippen LogP contribution in [0.15, 0.2) is 0 Å². The fourth-order valence-corrected chi connectivity index (χ4v) is 4.26. The van der Waals surface area contributed by atoms with Crippen molar-refractivity contribution in [3.63, 3.8) is 0 Å². The number of carboxylic acids is 1. The lowest BCUT2D eigenvalue weighted by Crippen LogP contribution is -2.48. The molecule has 9 heteroatoms. The van der Waals surface area contributed by atoms with Gasteiger partial charge in [-0.1, -0.05) is 13.8 Å². The standard InChI is InChI=1S/C12H20F3NO4S/c1-7(2)10(11(17)18)16-21(19,20)9-5-3-8(4-6-9)12(13,14)15/h7-10,16H,3-6H2,1-2H3,(H,17,18)/t8?,9?,10-/m0/s1. The largest absolute Gasteiger partial charge is 0.480 e. The molecule has 0 aromatic rings. The molecule has 1 atom stereocenters. The van der Waals surface area contributed by atoms with Crippen molar-refractivity contribution in [3.8, 4) is 0 Å². The molecule has 5 nitrogen and oxygen atoms in total. The lowest BCUT2D eigenvalue weighted by atomic mass is 9.88. The smallest absolute Gasteiger partial charge is 0.391 e. The van der Waals surface area contributed by atoms with Gasteiger partial charge in [-0.25, -0.2) is 13.1 Å². The van der Waals surface area contributed by atoms with Gasteiger partial charge in [-0.05, 0) is 31.6 Å². The maximum absolute atomic E-state index is 12.5. The van der Waals surface area contributed by atoms with Crippen molar-refractivity contribution >= 4 is 16.0 Å². The summed E-state index contributed by atoms with van der Waals surface area (Å²) in [5.41, 5.74) is 0. The molecule has 124 valence electrons. The van der Waals surface area contributed by atoms with Crippen LogP contribution in [0.5, 0.6) is 0 Å². The molecular formula is C12H20F3NO4S. The summed E-state index contributed by atoms with van der Waals surface area (Å²) in [6.45, 7) is 3.11. The van der Waals surface area contributed by atoms with Gasteiger partial charge in [0.2, 0.25) is 10.0 Å². The van der Waals surface area contributed by atoms with E-state index in [0.29, 0.717) is 0 Å². The van der Waals surface area contributed by atoms with E-state index in [-0.39, 0.29) is 25.7 Å². The molecule has 0 bridgehead atoms. The highest BCUT2D eigenvalue weighted by Crippen LogP contribution is 2.39. The van der Waals surface area contributed by atoms with Crippen LogP contribution in [0.3, 0.4) is 0 Å². The van der Waals surface area contributed by atoms with Gasteiger partial charge >= 0.3 is 12.1 Å². The van der Waals surface area contributed by atoms with Gasteiger partial charge in [-0.15, -0.1) is 0 Å². The summed E-state index contributed by atoms with van der Waals surface area (Å²) in [6, 6.07) is -1.27. The van der Waals surface area contributed by atoms with Crippen LogP contribution in [0.1, 0.15) is 39.5 Å². The minimum atomic E-state index is -4.30. The van der Waals surface area contributed by atoms with E-state index in [0.717, 1.165) is 0 Å². The summed E-state index contributed by atoms with van der Waals surface area (Å²) in [6.07, 6.45) is -5.00. The van der Waals surface area contributed by atoms with Crippen LogP contribution in [-0.4, -0.2) is 37.0 Å². The Balaban J connectivity index is 2.71. The predicted octanol–water partition coefficient (Wildman–Crippen LogP) is 2.14. The van der Waals surface area contributed by atoms with Gasteiger partial charge in [0.25, 0.3) is 0 Å². The van der Waals surface area contributed by atoms with Crippen LogP contribution in [0.25, 0.3) is 0 Å². The minimum Gasteiger partial charge on any atom is -0.480 e. The van der Waals surface area contributed by atoms with E-state index in [9.17, 15) is 26.4 Å². The molecule has 1 rings (SSSR count). The predicted molar refractivity (Wildman–Crippen MR) is 70.1 cm³/mol. The summed E-state index contributed by atoms with van der Waals surface area (Å²) in [5, 5.41) is 8.02.